The zero-order chi connectivity index (χ0) is 15.3. The number of hydrogen-bond donors (Lipinski definition) is 1. The minimum atomic E-state index is -0.576. The maximum atomic E-state index is 12.8. The molecule has 1 aromatic rings. The minimum absolute atomic E-state index is 0.125. The molecule has 0 saturated carbocycles. The molecule has 0 aliphatic carbocycles. The average Bonchev–Trinajstić information content (AvgIpc) is 2.54. The molecule has 0 aromatic heterocycles. The van der Waals surface area contributed by atoms with E-state index in [0.717, 1.165) is 5.56 Å². The van der Waals surface area contributed by atoms with Crippen molar-refractivity contribution in [1.82, 2.24) is 10.2 Å². The zero-order valence-electron chi connectivity index (χ0n) is 12.4. The maximum Gasteiger partial charge on any atom is 0.317 e. The lowest BCUT2D eigenvalue weighted by molar-refractivity contribution is -0.226. The summed E-state index contributed by atoms with van der Waals surface area (Å²) in [5.41, 5.74) is 0.866. The molecule has 0 spiro atoms. The first kappa shape index (κ1) is 15.7. The van der Waals surface area contributed by atoms with Gasteiger partial charge >= 0.3 is 6.03 Å². The third kappa shape index (κ3) is 3.92. The lowest BCUT2D eigenvalue weighted by Crippen LogP contribution is -2.51. The van der Waals surface area contributed by atoms with Gasteiger partial charge in [0.1, 0.15) is 5.82 Å². The lowest BCUT2D eigenvalue weighted by Gasteiger charge is -2.39. The van der Waals surface area contributed by atoms with Crippen molar-refractivity contribution in [2.24, 2.45) is 0 Å². The van der Waals surface area contributed by atoms with Crippen LogP contribution < -0.4 is 5.32 Å². The van der Waals surface area contributed by atoms with Crippen molar-refractivity contribution in [3.8, 4) is 0 Å². The molecule has 21 heavy (non-hydrogen) atoms. The summed E-state index contributed by atoms with van der Waals surface area (Å²) in [5, 5.41) is 2.83. The number of likely N-dealkylation sites (tertiary alicyclic amines) is 1. The summed E-state index contributed by atoms with van der Waals surface area (Å²) in [7, 11) is 3.24. The van der Waals surface area contributed by atoms with Gasteiger partial charge < -0.3 is 19.7 Å². The monoisotopic (exact) mass is 296 g/mol. The molecule has 5 nitrogen and oxygen atoms in total. The van der Waals surface area contributed by atoms with E-state index in [1.807, 2.05) is 0 Å². The van der Waals surface area contributed by atoms with Crippen molar-refractivity contribution in [3.05, 3.63) is 35.6 Å². The lowest BCUT2D eigenvalue weighted by atomic mass is 10.0. The predicted octanol–water partition coefficient (Wildman–Crippen LogP) is 2.12. The maximum absolute atomic E-state index is 12.8. The topological polar surface area (TPSA) is 50.8 Å². The van der Waals surface area contributed by atoms with Crippen LogP contribution in [-0.4, -0.2) is 44.0 Å². The Morgan fingerprint density at radius 1 is 1.24 bits per heavy atom. The minimum Gasteiger partial charge on any atom is -0.353 e. The number of nitrogens with zero attached hydrogens (tertiary/aromatic N) is 1. The number of carbonyl (C=O) groups excluding carboxylic acids is 1. The van der Waals surface area contributed by atoms with Gasteiger partial charge in [0.15, 0.2) is 5.79 Å². The van der Waals surface area contributed by atoms with E-state index >= 15 is 0 Å². The molecule has 2 amide bonds. The molecular formula is C15H21FN2O3. The molecule has 116 valence electrons. The molecule has 2 rings (SSSR count). The van der Waals surface area contributed by atoms with Crippen molar-refractivity contribution in [3.63, 3.8) is 0 Å². The fourth-order valence-electron chi connectivity index (χ4n) is 2.43. The summed E-state index contributed by atoms with van der Waals surface area (Å²) < 4.78 is 23.6. The van der Waals surface area contributed by atoms with Crippen LogP contribution in [0.5, 0.6) is 0 Å². The summed E-state index contributed by atoms with van der Waals surface area (Å²) in [4.78, 5) is 13.8. The van der Waals surface area contributed by atoms with Gasteiger partial charge in [-0.1, -0.05) is 12.1 Å². The van der Waals surface area contributed by atoms with Crippen molar-refractivity contribution in [2.75, 3.05) is 27.3 Å². The number of piperidine rings is 1. The Kier molecular flexibility index (Phi) is 5.14. The highest BCUT2D eigenvalue weighted by Gasteiger charge is 2.35. The van der Waals surface area contributed by atoms with Crippen LogP contribution in [0.4, 0.5) is 9.18 Å². The summed E-state index contributed by atoms with van der Waals surface area (Å²) in [6, 6.07) is 5.96. The van der Waals surface area contributed by atoms with Crippen LogP contribution in [0, 0.1) is 5.82 Å². The molecule has 0 bridgehead atoms. The quantitative estimate of drug-likeness (QED) is 0.866. The van der Waals surface area contributed by atoms with Crippen LogP contribution in [0.1, 0.15) is 18.4 Å². The van der Waals surface area contributed by atoms with Crippen LogP contribution >= 0.6 is 0 Å². The summed E-state index contributed by atoms with van der Waals surface area (Å²) in [6.45, 7) is 1.54. The summed E-state index contributed by atoms with van der Waals surface area (Å²) in [6.07, 6.45) is 1.29. The summed E-state index contributed by atoms with van der Waals surface area (Å²) in [5.74, 6) is -0.857. The highest BCUT2D eigenvalue weighted by Crippen LogP contribution is 2.26. The standard InChI is InChI=1S/C15H21FN2O3/c1-20-15(21-2)7-9-18(10-8-15)14(19)17-11-12-3-5-13(16)6-4-12/h3-6H,7-11H2,1-2H3,(H,17,19). The number of ether oxygens (including phenoxy) is 2. The molecule has 1 aromatic carbocycles. The predicted molar refractivity (Wildman–Crippen MR) is 76.2 cm³/mol. The Morgan fingerprint density at radius 2 is 1.81 bits per heavy atom. The zero-order valence-corrected chi connectivity index (χ0v) is 12.4. The Balaban J connectivity index is 1.81. The molecule has 1 aliphatic heterocycles. The van der Waals surface area contributed by atoms with E-state index in [-0.39, 0.29) is 11.8 Å². The molecule has 1 fully saturated rings. The molecular weight excluding hydrogens is 275 g/mol. The third-order valence-corrected chi connectivity index (χ3v) is 3.91. The smallest absolute Gasteiger partial charge is 0.317 e. The van der Waals surface area contributed by atoms with E-state index in [2.05, 4.69) is 5.32 Å². The molecule has 0 unspecified atom stereocenters. The summed E-state index contributed by atoms with van der Waals surface area (Å²) >= 11 is 0. The molecule has 6 heteroatoms. The van der Waals surface area contributed by atoms with Crippen LogP contribution in [-0.2, 0) is 16.0 Å². The highest BCUT2D eigenvalue weighted by molar-refractivity contribution is 5.74. The normalized spacial score (nSPS) is 17.6. The Morgan fingerprint density at radius 3 is 2.33 bits per heavy atom. The van der Waals surface area contributed by atoms with E-state index in [9.17, 15) is 9.18 Å². The van der Waals surface area contributed by atoms with Crippen molar-refractivity contribution >= 4 is 6.03 Å². The second kappa shape index (κ2) is 6.87. The van der Waals surface area contributed by atoms with Gasteiger partial charge in [-0.2, -0.15) is 0 Å². The molecule has 1 saturated heterocycles. The number of urea groups is 1. The molecule has 0 radical (unpaired) electrons. The van der Waals surface area contributed by atoms with Crippen LogP contribution in [0.15, 0.2) is 24.3 Å². The van der Waals surface area contributed by atoms with Gasteiger partial charge in [0.25, 0.3) is 0 Å². The van der Waals surface area contributed by atoms with Crippen LogP contribution in [0.2, 0.25) is 0 Å². The third-order valence-electron chi connectivity index (χ3n) is 3.91. The number of halogens is 1. The van der Waals surface area contributed by atoms with E-state index in [1.165, 1.54) is 12.1 Å². The van der Waals surface area contributed by atoms with Crippen LogP contribution in [0.3, 0.4) is 0 Å². The Bertz CT molecular complexity index is 464. The van der Waals surface area contributed by atoms with Crippen molar-refractivity contribution in [1.29, 1.82) is 0 Å². The fourth-order valence-corrected chi connectivity index (χ4v) is 2.43. The number of rotatable bonds is 4. The van der Waals surface area contributed by atoms with Crippen molar-refractivity contribution in [2.45, 2.75) is 25.2 Å². The average molecular weight is 296 g/mol. The number of benzene rings is 1. The first-order valence-corrected chi connectivity index (χ1v) is 6.96. The number of hydrogen-bond acceptors (Lipinski definition) is 3. The Hall–Kier alpha value is -1.66. The van der Waals surface area contributed by atoms with Crippen molar-refractivity contribution < 1.29 is 18.7 Å². The van der Waals surface area contributed by atoms with E-state index in [4.69, 9.17) is 9.47 Å². The second-order valence-electron chi connectivity index (χ2n) is 5.09. The fraction of sp³-hybridized carbons (Fsp3) is 0.533. The number of nitrogens with one attached hydrogen (secondary N) is 1. The van der Waals surface area contributed by atoms with Gasteiger partial charge in [0.2, 0.25) is 0 Å². The molecule has 1 aliphatic rings. The molecule has 1 heterocycles. The number of methoxy groups -OCH3 is 2. The van der Waals surface area contributed by atoms with Gasteiger partial charge in [-0.05, 0) is 17.7 Å². The van der Waals surface area contributed by atoms with E-state index < -0.39 is 5.79 Å². The van der Waals surface area contributed by atoms with E-state index in [0.29, 0.717) is 32.5 Å². The van der Waals surface area contributed by atoms with Gasteiger partial charge in [-0.15, -0.1) is 0 Å². The highest BCUT2D eigenvalue weighted by atomic mass is 19.1. The SMILES string of the molecule is COC1(OC)CCN(C(=O)NCc2ccc(F)cc2)CC1. The first-order chi connectivity index (χ1) is 10.1. The Labute approximate surface area is 124 Å². The molecule has 0 atom stereocenters. The molecule has 1 N–H and O–H groups in total. The van der Waals surface area contributed by atoms with Gasteiger partial charge in [-0.3, -0.25) is 0 Å². The van der Waals surface area contributed by atoms with Gasteiger partial charge in [0.05, 0.1) is 0 Å². The van der Waals surface area contributed by atoms with E-state index in [1.54, 1.807) is 31.3 Å². The van der Waals surface area contributed by atoms with Gasteiger partial charge in [0, 0.05) is 46.7 Å². The second-order valence-corrected chi connectivity index (χ2v) is 5.09. The van der Waals surface area contributed by atoms with Gasteiger partial charge in [-0.25, -0.2) is 9.18 Å². The largest absolute Gasteiger partial charge is 0.353 e. The number of amides is 2. The van der Waals surface area contributed by atoms with Crippen LogP contribution in [0.25, 0.3) is 0 Å². The first-order valence-electron chi connectivity index (χ1n) is 6.96. The number of carbonyl (C=O) groups is 1.